The summed E-state index contributed by atoms with van der Waals surface area (Å²) >= 11 is 0. The number of nitrogens with one attached hydrogen (secondary N) is 1. The molecule has 0 spiro atoms. The maximum atomic E-state index is 12.0. The van der Waals surface area contributed by atoms with E-state index in [1.807, 2.05) is 0 Å². The third kappa shape index (κ3) is 6.22. The van der Waals surface area contributed by atoms with Crippen LogP contribution in [0.15, 0.2) is 0 Å². The number of rotatable bonds is 7. The van der Waals surface area contributed by atoms with Crippen molar-refractivity contribution in [2.75, 3.05) is 38.5 Å². The third-order valence-electron chi connectivity index (χ3n) is 4.43. The maximum absolute atomic E-state index is 12.0. The van der Waals surface area contributed by atoms with Crippen molar-refractivity contribution in [3.8, 4) is 0 Å². The van der Waals surface area contributed by atoms with Crippen LogP contribution in [0, 0.1) is 11.8 Å². The third-order valence-corrected chi connectivity index (χ3v) is 5.84. The van der Waals surface area contributed by atoms with Gasteiger partial charge in [0, 0.05) is 32.8 Å². The molecule has 5 nitrogen and oxygen atoms in total. The van der Waals surface area contributed by atoms with Crippen LogP contribution >= 0.6 is 0 Å². The van der Waals surface area contributed by atoms with E-state index in [2.05, 4.69) is 23.5 Å². The van der Waals surface area contributed by atoms with Crippen LogP contribution in [0.3, 0.4) is 0 Å². The number of piperidine rings is 1. The molecule has 124 valence electrons. The van der Waals surface area contributed by atoms with E-state index in [0.29, 0.717) is 24.8 Å². The molecular weight excluding hydrogens is 288 g/mol. The normalized spacial score (nSPS) is 31.6. The molecule has 21 heavy (non-hydrogen) atoms. The zero-order chi connectivity index (χ0) is 15.3. The maximum Gasteiger partial charge on any atom is 0.211 e. The Morgan fingerprint density at radius 3 is 2.57 bits per heavy atom. The second kappa shape index (κ2) is 7.90. The minimum atomic E-state index is -3.15. The highest BCUT2D eigenvalue weighted by Gasteiger charge is 2.22. The molecule has 2 saturated heterocycles. The molecule has 0 unspecified atom stereocenters. The number of hydrogen-bond donors (Lipinski definition) is 1. The van der Waals surface area contributed by atoms with Crippen LogP contribution in [-0.4, -0.2) is 58.0 Å². The molecule has 3 atom stereocenters. The summed E-state index contributed by atoms with van der Waals surface area (Å²) in [5.41, 5.74) is 0. The summed E-state index contributed by atoms with van der Waals surface area (Å²) in [4.78, 5) is 2.38. The Kier molecular flexibility index (Phi) is 6.47. The van der Waals surface area contributed by atoms with Gasteiger partial charge in [0.1, 0.15) is 0 Å². The van der Waals surface area contributed by atoms with Crippen LogP contribution in [-0.2, 0) is 14.8 Å². The fourth-order valence-electron chi connectivity index (χ4n) is 3.56. The van der Waals surface area contributed by atoms with E-state index in [9.17, 15) is 8.42 Å². The van der Waals surface area contributed by atoms with E-state index in [-0.39, 0.29) is 11.9 Å². The summed E-state index contributed by atoms with van der Waals surface area (Å²) in [5, 5.41) is 0. The van der Waals surface area contributed by atoms with Crippen molar-refractivity contribution >= 4 is 10.0 Å². The monoisotopic (exact) mass is 318 g/mol. The SMILES string of the molecule is C[C@@H]1C[C@@H](C)CN(CCNS(=O)(=O)CC[C@@H]2CCCO2)C1. The highest BCUT2D eigenvalue weighted by molar-refractivity contribution is 7.89. The van der Waals surface area contributed by atoms with Gasteiger partial charge in [-0.15, -0.1) is 0 Å². The van der Waals surface area contributed by atoms with Gasteiger partial charge in [-0.25, -0.2) is 13.1 Å². The molecule has 1 N–H and O–H groups in total. The lowest BCUT2D eigenvalue weighted by atomic mass is 9.92. The largest absolute Gasteiger partial charge is 0.378 e. The molecule has 0 amide bonds. The molecule has 2 aliphatic heterocycles. The Labute approximate surface area is 129 Å². The van der Waals surface area contributed by atoms with Crippen LogP contribution in [0.2, 0.25) is 0 Å². The number of sulfonamides is 1. The van der Waals surface area contributed by atoms with E-state index in [1.165, 1.54) is 6.42 Å². The van der Waals surface area contributed by atoms with Crippen LogP contribution < -0.4 is 4.72 Å². The molecule has 0 bridgehead atoms. The first-order valence-electron chi connectivity index (χ1n) is 8.26. The lowest BCUT2D eigenvalue weighted by Crippen LogP contribution is -2.43. The van der Waals surface area contributed by atoms with Gasteiger partial charge < -0.3 is 9.64 Å². The standard InChI is InChI=1S/C15H30N2O3S/c1-13-10-14(2)12-17(11-13)7-6-16-21(18,19)9-5-15-4-3-8-20-15/h13-16H,3-12H2,1-2H3/t13-,14-,15+/m1/s1. The number of likely N-dealkylation sites (tertiary alicyclic amines) is 1. The lowest BCUT2D eigenvalue weighted by molar-refractivity contribution is 0.108. The Morgan fingerprint density at radius 2 is 1.95 bits per heavy atom. The molecule has 0 aromatic rings. The number of hydrogen-bond acceptors (Lipinski definition) is 4. The summed E-state index contributed by atoms with van der Waals surface area (Å²) in [6.07, 6.45) is 4.10. The predicted octanol–water partition coefficient (Wildman–Crippen LogP) is 1.45. The highest BCUT2D eigenvalue weighted by atomic mass is 32.2. The average molecular weight is 318 g/mol. The minimum Gasteiger partial charge on any atom is -0.378 e. The minimum absolute atomic E-state index is 0.144. The average Bonchev–Trinajstić information content (AvgIpc) is 2.88. The molecule has 2 rings (SSSR count). The number of ether oxygens (including phenoxy) is 1. The van der Waals surface area contributed by atoms with Crippen molar-refractivity contribution in [3.63, 3.8) is 0 Å². The Morgan fingerprint density at radius 1 is 1.24 bits per heavy atom. The first-order valence-corrected chi connectivity index (χ1v) is 9.91. The Balaban J connectivity index is 1.64. The summed E-state index contributed by atoms with van der Waals surface area (Å²) in [6, 6.07) is 0. The second-order valence-corrected chi connectivity index (χ2v) is 8.77. The first-order chi connectivity index (χ1) is 9.94. The van der Waals surface area contributed by atoms with Gasteiger partial charge in [-0.2, -0.15) is 0 Å². The van der Waals surface area contributed by atoms with Crippen molar-refractivity contribution in [2.45, 2.75) is 45.6 Å². The molecule has 6 heteroatoms. The Bertz CT molecular complexity index is 397. The van der Waals surface area contributed by atoms with E-state index in [1.54, 1.807) is 0 Å². The van der Waals surface area contributed by atoms with Crippen LogP contribution in [0.4, 0.5) is 0 Å². The summed E-state index contributed by atoms with van der Waals surface area (Å²) in [6.45, 7) is 8.83. The number of nitrogens with zero attached hydrogens (tertiary/aromatic N) is 1. The molecule has 0 aliphatic carbocycles. The molecule has 0 saturated carbocycles. The Hall–Kier alpha value is -0.170. The van der Waals surface area contributed by atoms with Crippen molar-refractivity contribution in [3.05, 3.63) is 0 Å². The summed E-state index contributed by atoms with van der Waals surface area (Å²) in [7, 11) is -3.15. The van der Waals surface area contributed by atoms with Crippen LogP contribution in [0.1, 0.15) is 39.5 Å². The smallest absolute Gasteiger partial charge is 0.211 e. The lowest BCUT2D eigenvalue weighted by Gasteiger charge is -2.34. The van der Waals surface area contributed by atoms with Gasteiger partial charge in [0.05, 0.1) is 11.9 Å². The molecule has 0 aromatic heterocycles. The molecule has 2 fully saturated rings. The van der Waals surface area contributed by atoms with E-state index >= 15 is 0 Å². The van der Waals surface area contributed by atoms with Gasteiger partial charge in [0.15, 0.2) is 0 Å². The quantitative estimate of drug-likeness (QED) is 0.772. The van der Waals surface area contributed by atoms with Crippen LogP contribution in [0.5, 0.6) is 0 Å². The zero-order valence-corrected chi connectivity index (χ0v) is 14.2. The molecule has 2 aliphatic rings. The molecule has 0 radical (unpaired) electrons. The van der Waals surface area contributed by atoms with Gasteiger partial charge >= 0.3 is 0 Å². The van der Waals surface area contributed by atoms with Gasteiger partial charge in [-0.3, -0.25) is 0 Å². The highest BCUT2D eigenvalue weighted by Crippen LogP contribution is 2.20. The zero-order valence-electron chi connectivity index (χ0n) is 13.4. The van der Waals surface area contributed by atoms with E-state index < -0.39 is 10.0 Å². The van der Waals surface area contributed by atoms with Crippen molar-refractivity contribution in [1.29, 1.82) is 0 Å². The van der Waals surface area contributed by atoms with E-state index in [0.717, 1.165) is 39.1 Å². The van der Waals surface area contributed by atoms with E-state index in [4.69, 9.17) is 4.74 Å². The van der Waals surface area contributed by atoms with Gasteiger partial charge in [-0.1, -0.05) is 13.8 Å². The van der Waals surface area contributed by atoms with Crippen molar-refractivity contribution in [2.24, 2.45) is 11.8 Å². The fraction of sp³-hybridized carbons (Fsp3) is 1.00. The summed E-state index contributed by atoms with van der Waals surface area (Å²) in [5.74, 6) is 1.61. The second-order valence-electron chi connectivity index (χ2n) is 6.84. The molecule has 2 heterocycles. The molecular formula is C15H30N2O3S. The van der Waals surface area contributed by atoms with Gasteiger partial charge in [0.2, 0.25) is 10.0 Å². The first kappa shape index (κ1) is 17.2. The van der Waals surface area contributed by atoms with Crippen molar-refractivity contribution in [1.82, 2.24) is 9.62 Å². The summed E-state index contributed by atoms with van der Waals surface area (Å²) < 4.78 is 32.2. The molecule has 0 aromatic carbocycles. The fourth-order valence-corrected chi connectivity index (χ4v) is 4.68. The van der Waals surface area contributed by atoms with Crippen LogP contribution in [0.25, 0.3) is 0 Å². The van der Waals surface area contributed by atoms with Crippen molar-refractivity contribution < 1.29 is 13.2 Å². The van der Waals surface area contributed by atoms with Gasteiger partial charge in [-0.05, 0) is 37.5 Å². The predicted molar refractivity (Wildman–Crippen MR) is 84.8 cm³/mol. The topological polar surface area (TPSA) is 58.6 Å². The van der Waals surface area contributed by atoms with Gasteiger partial charge in [0.25, 0.3) is 0 Å².